The highest BCUT2D eigenvalue weighted by atomic mass is 79.9. The molecule has 0 aliphatic carbocycles. The Morgan fingerprint density at radius 2 is 1.91 bits per heavy atom. The number of ether oxygens (including phenoxy) is 3. The van der Waals surface area contributed by atoms with Gasteiger partial charge in [0.1, 0.15) is 30.6 Å². The lowest BCUT2D eigenvalue weighted by Gasteiger charge is -2.12. The van der Waals surface area contributed by atoms with Crippen molar-refractivity contribution in [2.75, 3.05) is 19.0 Å². The number of hydrogen-bond acceptors (Lipinski definition) is 5. The van der Waals surface area contributed by atoms with Gasteiger partial charge in [0.05, 0.1) is 11.6 Å². The van der Waals surface area contributed by atoms with Crippen molar-refractivity contribution in [3.63, 3.8) is 0 Å². The molecule has 0 saturated carbocycles. The fourth-order valence-electron chi connectivity index (χ4n) is 3.00. The van der Waals surface area contributed by atoms with Gasteiger partial charge >= 0.3 is 0 Å². The zero-order chi connectivity index (χ0) is 25.2. The van der Waals surface area contributed by atoms with E-state index in [4.69, 9.17) is 32.2 Å². The minimum atomic E-state index is -0.556. The molecule has 6 nitrogen and oxygen atoms in total. The van der Waals surface area contributed by atoms with Gasteiger partial charge in [0.2, 0.25) is 0 Å². The van der Waals surface area contributed by atoms with E-state index in [2.05, 4.69) is 27.2 Å². The van der Waals surface area contributed by atoms with Crippen molar-refractivity contribution in [2.45, 2.75) is 6.61 Å². The third-order valence-corrected chi connectivity index (χ3v) is 5.65. The lowest BCUT2D eigenvalue weighted by Crippen LogP contribution is -2.13. The molecule has 3 aromatic rings. The fourth-order valence-corrected chi connectivity index (χ4v) is 3.77. The van der Waals surface area contributed by atoms with E-state index in [0.717, 1.165) is 5.56 Å². The first-order chi connectivity index (χ1) is 16.9. The third-order valence-electron chi connectivity index (χ3n) is 4.69. The summed E-state index contributed by atoms with van der Waals surface area (Å²) < 4.78 is 17.2. The molecule has 1 N–H and O–H groups in total. The molecule has 0 aliphatic heterocycles. The molecule has 0 bridgehead atoms. The maximum atomic E-state index is 12.7. The first-order valence-electron chi connectivity index (χ1n) is 10.3. The number of anilines is 1. The predicted molar refractivity (Wildman–Crippen MR) is 139 cm³/mol. The fraction of sp³-hybridized carbons (Fsp3) is 0.111. The number of nitrogens with one attached hydrogen (secondary N) is 1. The summed E-state index contributed by atoms with van der Waals surface area (Å²) in [6.07, 6.45) is 6.70. The number of nitrogens with zero attached hydrogens (tertiary/aromatic N) is 1. The van der Waals surface area contributed by atoms with E-state index in [1.165, 1.54) is 13.2 Å². The van der Waals surface area contributed by atoms with E-state index in [0.29, 0.717) is 44.6 Å². The van der Waals surface area contributed by atoms with Crippen LogP contribution in [0.25, 0.3) is 6.08 Å². The lowest BCUT2D eigenvalue weighted by atomic mass is 10.1. The standard InChI is InChI=1S/C27H20BrClN2O4/c1-3-12-34-26-23(28)14-18(15-25(26)33-2)13-20(16-30)27(32)31-21-8-10-22(11-9-21)35-17-19-6-4-5-7-24(19)29/h1,4-11,13-15H,12,17H2,2H3,(H,31,32)/b20-13+. The van der Waals surface area contributed by atoms with Gasteiger partial charge in [-0.2, -0.15) is 5.26 Å². The maximum absolute atomic E-state index is 12.7. The Kier molecular flexibility index (Phi) is 9.20. The van der Waals surface area contributed by atoms with Crippen LogP contribution in [0, 0.1) is 23.7 Å². The summed E-state index contributed by atoms with van der Waals surface area (Å²) in [4.78, 5) is 12.7. The summed E-state index contributed by atoms with van der Waals surface area (Å²) in [6, 6.07) is 19.5. The molecule has 3 aromatic carbocycles. The lowest BCUT2D eigenvalue weighted by molar-refractivity contribution is -0.112. The van der Waals surface area contributed by atoms with Crippen LogP contribution in [0.5, 0.6) is 17.2 Å². The van der Waals surface area contributed by atoms with E-state index in [-0.39, 0.29) is 12.2 Å². The molecule has 176 valence electrons. The monoisotopic (exact) mass is 550 g/mol. The van der Waals surface area contributed by atoms with Crippen LogP contribution in [-0.4, -0.2) is 19.6 Å². The second-order valence-corrected chi connectivity index (χ2v) is 8.32. The Hall–Kier alpha value is -3.91. The van der Waals surface area contributed by atoms with Crippen molar-refractivity contribution in [2.24, 2.45) is 0 Å². The predicted octanol–water partition coefficient (Wildman–Crippen LogP) is 6.25. The molecule has 35 heavy (non-hydrogen) atoms. The number of amides is 1. The van der Waals surface area contributed by atoms with Gasteiger partial charge < -0.3 is 19.5 Å². The van der Waals surface area contributed by atoms with E-state index in [9.17, 15) is 10.1 Å². The van der Waals surface area contributed by atoms with Crippen LogP contribution in [0.3, 0.4) is 0 Å². The van der Waals surface area contributed by atoms with Crippen LogP contribution in [0.4, 0.5) is 5.69 Å². The van der Waals surface area contributed by atoms with Crippen molar-refractivity contribution in [3.05, 3.63) is 86.9 Å². The highest BCUT2D eigenvalue weighted by Gasteiger charge is 2.14. The number of carbonyl (C=O) groups excluding carboxylic acids is 1. The van der Waals surface area contributed by atoms with E-state index in [1.807, 2.05) is 24.3 Å². The summed E-state index contributed by atoms with van der Waals surface area (Å²) in [7, 11) is 1.48. The van der Waals surface area contributed by atoms with Gasteiger partial charge in [-0.25, -0.2) is 0 Å². The molecule has 1 amide bonds. The molecule has 0 saturated heterocycles. The molecule has 3 rings (SSSR count). The van der Waals surface area contributed by atoms with Gasteiger partial charge in [0.15, 0.2) is 11.5 Å². The summed E-state index contributed by atoms with van der Waals surface area (Å²) in [5, 5.41) is 12.9. The highest BCUT2D eigenvalue weighted by Crippen LogP contribution is 2.37. The number of benzene rings is 3. The highest BCUT2D eigenvalue weighted by molar-refractivity contribution is 9.10. The third kappa shape index (κ3) is 7.04. The molecule has 8 heteroatoms. The number of terminal acetylenes is 1. The van der Waals surface area contributed by atoms with E-state index >= 15 is 0 Å². The largest absolute Gasteiger partial charge is 0.493 e. The SMILES string of the molecule is C#CCOc1c(Br)cc(/C=C(\C#N)C(=O)Nc2ccc(OCc3ccccc3Cl)cc2)cc1OC. The van der Waals surface area contributed by atoms with Crippen LogP contribution >= 0.6 is 27.5 Å². The molecular weight excluding hydrogens is 532 g/mol. The Morgan fingerprint density at radius 1 is 1.17 bits per heavy atom. The molecule has 0 heterocycles. The number of carbonyl (C=O) groups is 1. The Morgan fingerprint density at radius 3 is 2.57 bits per heavy atom. The van der Waals surface area contributed by atoms with Gasteiger partial charge in [-0.15, -0.1) is 6.42 Å². The molecule has 0 aliphatic rings. The van der Waals surface area contributed by atoms with Gasteiger partial charge in [-0.05, 0) is 70.0 Å². The number of nitriles is 1. The topological polar surface area (TPSA) is 80.6 Å². The molecule has 0 radical (unpaired) electrons. The number of methoxy groups -OCH3 is 1. The zero-order valence-corrected chi connectivity index (χ0v) is 21.0. The second-order valence-electron chi connectivity index (χ2n) is 7.06. The summed E-state index contributed by atoms with van der Waals surface area (Å²) in [5.74, 6) is 3.29. The van der Waals surface area contributed by atoms with Crippen LogP contribution in [-0.2, 0) is 11.4 Å². The first kappa shape index (κ1) is 25.7. The molecular formula is C27H20BrClN2O4. The second kappa shape index (κ2) is 12.5. The van der Waals surface area contributed by atoms with Gasteiger partial charge in [-0.3, -0.25) is 4.79 Å². The van der Waals surface area contributed by atoms with Gasteiger partial charge in [-0.1, -0.05) is 35.7 Å². The van der Waals surface area contributed by atoms with Crippen LogP contribution in [0.15, 0.2) is 70.7 Å². The minimum absolute atomic E-state index is 0.0693. The van der Waals surface area contributed by atoms with Crippen LogP contribution in [0.2, 0.25) is 5.02 Å². The van der Waals surface area contributed by atoms with E-state index in [1.54, 1.807) is 42.5 Å². The number of hydrogen-bond donors (Lipinski definition) is 1. The van der Waals surface area contributed by atoms with Gasteiger partial charge in [0.25, 0.3) is 5.91 Å². The smallest absolute Gasteiger partial charge is 0.266 e. The average molecular weight is 552 g/mol. The minimum Gasteiger partial charge on any atom is -0.493 e. The summed E-state index contributed by atoms with van der Waals surface area (Å²) in [6.45, 7) is 0.387. The molecule has 0 atom stereocenters. The van der Waals surface area contributed by atoms with Crippen molar-refractivity contribution < 1.29 is 19.0 Å². The van der Waals surface area contributed by atoms with Crippen molar-refractivity contribution >= 4 is 45.2 Å². The normalized spacial score (nSPS) is 10.6. The maximum Gasteiger partial charge on any atom is 0.266 e. The quantitative estimate of drug-likeness (QED) is 0.193. The average Bonchev–Trinajstić information content (AvgIpc) is 2.86. The molecule has 0 aromatic heterocycles. The Labute approximate surface area is 217 Å². The van der Waals surface area contributed by atoms with Crippen LogP contribution < -0.4 is 19.5 Å². The van der Waals surface area contributed by atoms with E-state index < -0.39 is 5.91 Å². The number of halogens is 2. The van der Waals surface area contributed by atoms with Crippen LogP contribution in [0.1, 0.15) is 11.1 Å². The van der Waals surface area contributed by atoms with Crippen molar-refractivity contribution in [3.8, 4) is 35.7 Å². The summed E-state index contributed by atoms with van der Waals surface area (Å²) >= 11 is 9.55. The number of rotatable bonds is 9. The van der Waals surface area contributed by atoms with Crippen molar-refractivity contribution in [1.82, 2.24) is 0 Å². The molecule has 0 unspecified atom stereocenters. The zero-order valence-electron chi connectivity index (χ0n) is 18.7. The Bertz CT molecular complexity index is 1320. The first-order valence-corrected chi connectivity index (χ1v) is 11.5. The Balaban J connectivity index is 1.69. The van der Waals surface area contributed by atoms with Gasteiger partial charge in [0, 0.05) is 16.3 Å². The summed E-state index contributed by atoms with van der Waals surface area (Å²) in [5.41, 5.74) is 1.86. The molecule has 0 fully saturated rings. The molecule has 0 spiro atoms. The van der Waals surface area contributed by atoms with Crippen molar-refractivity contribution in [1.29, 1.82) is 5.26 Å².